The third-order valence-electron chi connectivity index (χ3n) is 1.07. The molecule has 0 saturated heterocycles. The molecule has 0 aliphatic rings. The quantitative estimate of drug-likeness (QED) is 0.732. The second-order valence-corrected chi connectivity index (χ2v) is 2.51. The van der Waals surface area contributed by atoms with Gasteiger partial charge < -0.3 is 5.11 Å². The molecule has 0 fully saturated rings. The molecule has 0 bridgehead atoms. The SMILES string of the molecule is O=C(O)c1c(F)ccnc1Br. The molecule has 1 N–H and O–H groups in total. The van der Waals surface area contributed by atoms with E-state index in [1.165, 1.54) is 6.20 Å². The summed E-state index contributed by atoms with van der Waals surface area (Å²) in [5.74, 6) is -2.12. The van der Waals surface area contributed by atoms with Gasteiger partial charge in [-0.25, -0.2) is 14.2 Å². The van der Waals surface area contributed by atoms with Crippen LogP contribution in [0.2, 0.25) is 0 Å². The smallest absolute Gasteiger partial charge is 0.341 e. The lowest BCUT2D eigenvalue weighted by Crippen LogP contribution is -2.02. The number of halogens is 2. The van der Waals surface area contributed by atoms with E-state index >= 15 is 0 Å². The highest BCUT2D eigenvalue weighted by Crippen LogP contribution is 2.15. The Labute approximate surface area is 70.0 Å². The molecule has 1 aromatic heterocycles. The molecule has 0 amide bonds. The van der Waals surface area contributed by atoms with E-state index in [1.807, 2.05) is 0 Å². The Morgan fingerprint density at radius 1 is 1.73 bits per heavy atom. The number of aromatic nitrogens is 1. The van der Waals surface area contributed by atoms with Crippen LogP contribution in [0.25, 0.3) is 0 Å². The minimum Gasteiger partial charge on any atom is -0.477 e. The summed E-state index contributed by atoms with van der Waals surface area (Å²) >= 11 is 2.82. The minimum absolute atomic E-state index is 0.00463. The van der Waals surface area contributed by atoms with Crippen molar-refractivity contribution in [2.24, 2.45) is 0 Å². The fraction of sp³-hybridized carbons (Fsp3) is 0. The third kappa shape index (κ3) is 1.54. The maximum atomic E-state index is 12.7. The molecule has 0 unspecified atom stereocenters. The maximum absolute atomic E-state index is 12.7. The minimum atomic E-state index is -1.33. The average Bonchev–Trinajstić information content (AvgIpc) is 1.85. The van der Waals surface area contributed by atoms with Gasteiger partial charge in [0.1, 0.15) is 16.0 Å². The van der Waals surface area contributed by atoms with E-state index < -0.39 is 17.3 Å². The Bertz CT molecular complexity index is 282. The number of aromatic carboxylic acids is 1. The van der Waals surface area contributed by atoms with Crippen LogP contribution in [0.1, 0.15) is 10.4 Å². The lowest BCUT2D eigenvalue weighted by molar-refractivity contribution is 0.0690. The number of hydrogen-bond acceptors (Lipinski definition) is 2. The highest BCUT2D eigenvalue weighted by Gasteiger charge is 2.14. The van der Waals surface area contributed by atoms with Gasteiger partial charge in [-0.1, -0.05) is 0 Å². The molecule has 58 valence electrons. The fourth-order valence-corrected chi connectivity index (χ4v) is 1.08. The molecule has 0 aromatic carbocycles. The first-order valence-electron chi connectivity index (χ1n) is 2.66. The number of hydrogen-bond donors (Lipinski definition) is 1. The number of carboxylic acids is 1. The number of carbonyl (C=O) groups is 1. The normalized spacial score (nSPS) is 9.64. The van der Waals surface area contributed by atoms with Crippen molar-refractivity contribution in [3.05, 3.63) is 28.2 Å². The van der Waals surface area contributed by atoms with Crippen LogP contribution in [0.3, 0.4) is 0 Å². The molecule has 3 nitrogen and oxygen atoms in total. The summed E-state index contributed by atoms with van der Waals surface area (Å²) in [5.41, 5.74) is -0.437. The molecular weight excluding hydrogens is 217 g/mol. The van der Waals surface area contributed by atoms with E-state index in [9.17, 15) is 9.18 Å². The molecular formula is C6H3BrFNO2. The van der Waals surface area contributed by atoms with E-state index in [2.05, 4.69) is 20.9 Å². The largest absolute Gasteiger partial charge is 0.477 e. The summed E-state index contributed by atoms with van der Waals surface area (Å²) in [6.07, 6.45) is 1.19. The standard InChI is InChI=1S/C6H3BrFNO2/c7-5-4(6(10)11)3(8)1-2-9-5/h1-2H,(H,10,11). The van der Waals surface area contributed by atoms with Crippen LogP contribution in [0.4, 0.5) is 4.39 Å². The summed E-state index contributed by atoms with van der Waals surface area (Å²) < 4.78 is 12.7. The Balaban J connectivity index is 3.32. The van der Waals surface area contributed by atoms with Crippen molar-refractivity contribution in [1.29, 1.82) is 0 Å². The van der Waals surface area contributed by atoms with E-state index in [0.29, 0.717) is 0 Å². The summed E-state index contributed by atoms with van der Waals surface area (Å²) in [4.78, 5) is 13.9. The molecule has 1 rings (SSSR count). The predicted molar refractivity (Wildman–Crippen MR) is 38.9 cm³/mol. The van der Waals surface area contributed by atoms with Gasteiger partial charge in [0.25, 0.3) is 0 Å². The lowest BCUT2D eigenvalue weighted by atomic mass is 10.3. The van der Waals surface area contributed by atoms with Gasteiger partial charge in [-0.05, 0) is 22.0 Å². The van der Waals surface area contributed by atoms with E-state index in [0.717, 1.165) is 6.07 Å². The Morgan fingerprint density at radius 2 is 2.36 bits per heavy atom. The van der Waals surface area contributed by atoms with Crippen molar-refractivity contribution in [2.45, 2.75) is 0 Å². The van der Waals surface area contributed by atoms with E-state index in [-0.39, 0.29) is 4.60 Å². The van der Waals surface area contributed by atoms with E-state index in [4.69, 9.17) is 5.11 Å². The second kappa shape index (κ2) is 2.96. The fourth-order valence-electron chi connectivity index (χ4n) is 0.605. The van der Waals surface area contributed by atoms with Crippen LogP contribution in [0, 0.1) is 5.82 Å². The second-order valence-electron chi connectivity index (χ2n) is 1.76. The van der Waals surface area contributed by atoms with Gasteiger partial charge in [-0.15, -0.1) is 0 Å². The van der Waals surface area contributed by atoms with Crippen molar-refractivity contribution in [1.82, 2.24) is 4.98 Å². The Hall–Kier alpha value is -0.970. The van der Waals surface area contributed by atoms with Gasteiger partial charge >= 0.3 is 5.97 Å². The zero-order valence-corrected chi connectivity index (χ0v) is 6.80. The molecule has 5 heteroatoms. The van der Waals surface area contributed by atoms with Crippen LogP contribution in [0.15, 0.2) is 16.9 Å². The third-order valence-corrected chi connectivity index (χ3v) is 1.67. The highest BCUT2D eigenvalue weighted by molar-refractivity contribution is 9.10. The maximum Gasteiger partial charge on any atom is 0.341 e. The zero-order chi connectivity index (χ0) is 8.43. The molecule has 1 aromatic rings. The first-order valence-corrected chi connectivity index (χ1v) is 3.45. The van der Waals surface area contributed by atoms with Crippen LogP contribution in [-0.4, -0.2) is 16.1 Å². The number of rotatable bonds is 1. The monoisotopic (exact) mass is 219 g/mol. The van der Waals surface area contributed by atoms with Crippen molar-refractivity contribution in [3.63, 3.8) is 0 Å². The van der Waals surface area contributed by atoms with Gasteiger partial charge in [0.2, 0.25) is 0 Å². The van der Waals surface area contributed by atoms with Gasteiger partial charge in [-0.3, -0.25) is 0 Å². The van der Waals surface area contributed by atoms with Crippen LogP contribution >= 0.6 is 15.9 Å². The predicted octanol–water partition coefficient (Wildman–Crippen LogP) is 1.68. The Morgan fingerprint density at radius 3 is 2.73 bits per heavy atom. The number of nitrogens with zero attached hydrogens (tertiary/aromatic N) is 1. The van der Waals surface area contributed by atoms with Crippen molar-refractivity contribution >= 4 is 21.9 Å². The van der Waals surface area contributed by atoms with Crippen molar-refractivity contribution in [2.75, 3.05) is 0 Å². The highest BCUT2D eigenvalue weighted by atomic mass is 79.9. The molecule has 0 radical (unpaired) electrons. The topological polar surface area (TPSA) is 50.2 Å². The summed E-state index contributed by atoms with van der Waals surface area (Å²) in [6.45, 7) is 0. The molecule has 0 aliphatic heterocycles. The average molecular weight is 220 g/mol. The molecule has 0 aliphatic carbocycles. The van der Waals surface area contributed by atoms with Crippen molar-refractivity contribution in [3.8, 4) is 0 Å². The van der Waals surface area contributed by atoms with Gasteiger partial charge in [0.15, 0.2) is 0 Å². The van der Waals surface area contributed by atoms with Gasteiger partial charge in [0, 0.05) is 6.20 Å². The molecule has 0 atom stereocenters. The Kier molecular flexibility index (Phi) is 2.19. The van der Waals surface area contributed by atoms with Gasteiger partial charge in [-0.2, -0.15) is 0 Å². The zero-order valence-electron chi connectivity index (χ0n) is 5.21. The summed E-state index contributed by atoms with van der Waals surface area (Å²) in [6, 6.07) is 0.994. The number of pyridine rings is 1. The van der Waals surface area contributed by atoms with Crippen molar-refractivity contribution < 1.29 is 14.3 Å². The van der Waals surface area contributed by atoms with Crippen LogP contribution in [-0.2, 0) is 0 Å². The first-order chi connectivity index (χ1) is 5.13. The van der Waals surface area contributed by atoms with Crippen LogP contribution in [0.5, 0.6) is 0 Å². The molecule has 0 saturated carbocycles. The molecule has 11 heavy (non-hydrogen) atoms. The van der Waals surface area contributed by atoms with E-state index in [1.54, 1.807) is 0 Å². The lowest BCUT2D eigenvalue weighted by Gasteiger charge is -1.97. The number of carboxylic acid groups (broad SMARTS) is 1. The molecule has 1 heterocycles. The van der Waals surface area contributed by atoms with Crippen LogP contribution < -0.4 is 0 Å². The van der Waals surface area contributed by atoms with Gasteiger partial charge in [0.05, 0.1) is 0 Å². The summed E-state index contributed by atoms with van der Waals surface area (Å²) in [5, 5.41) is 8.44. The molecule has 0 spiro atoms. The summed E-state index contributed by atoms with van der Waals surface area (Å²) in [7, 11) is 0. The first kappa shape index (κ1) is 8.13.